The summed E-state index contributed by atoms with van der Waals surface area (Å²) >= 11 is 0. The van der Waals surface area contributed by atoms with Crippen LogP contribution in [0.2, 0.25) is 0 Å². The molecule has 6 heteroatoms. The van der Waals surface area contributed by atoms with Gasteiger partial charge in [0.2, 0.25) is 17.7 Å². The summed E-state index contributed by atoms with van der Waals surface area (Å²) in [4.78, 5) is 47.9. The van der Waals surface area contributed by atoms with Crippen molar-refractivity contribution in [2.45, 2.75) is 52.5 Å². The molecule has 0 aromatic heterocycles. The third-order valence-corrected chi connectivity index (χ3v) is 3.36. The summed E-state index contributed by atoms with van der Waals surface area (Å²) in [6.45, 7) is 4.77. The summed E-state index contributed by atoms with van der Waals surface area (Å²) < 4.78 is 0. The Hall–Kier alpha value is -1.72. The lowest BCUT2D eigenvalue weighted by Crippen LogP contribution is -2.49. The largest absolute Gasteiger partial charge is 0.344 e. The number of carbonyl (C=O) groups excluding carboxylic acids is 4. The second-order valence-corrected chi connectivity index (χ2v) is 5.48. The highest BCUT2D eigenvalue weighted by Gasteiger charge is 2.28. The first kappa shape index (κ1) is 16.3. The molecular formula is C14H22N2O4. The molecule has 1 atom stereocenters. The standard InChI is InChI=1S/C14H22N2O4/c1-9(2)14(10(3)17)15-11(18)8-16-12(19)6-4-5-7-13(16)20/h9,14H,4-8H2,1-3H3,(H,15,18). The van der Waals surface area contributed by atoms with Crippen molar-refractivity contribution in [3.8, 4) is 0 Å². The maximum Gasteiger partial charge on any atom is 0.240 e. The highest BCUT2D eigenvalue weighted by Crippen LogP contribution is 2.12. The van der Waals surface area contributed by atoms with Gasteiger partial charge in [0.05, 0.1) is 6.04 Å². The maximum absolute atomic E-state index is 11.9. The third kappa shape index (κ3) is 4.43. The Bertz CT molecular complexity index is 399. The molecule has 1 fully saturated rings. The Kier molecular flexibility index (Phi) is 5.85. The Morgan fingerprint density at radius 1 is 1.15 bits per heavy atom. The van der Waals surface area contributed by atoms with E-state index in [0.29, 0.717) is 25.7 Å². The van der Waals surface area contributed by atoms with E-state index in [4.69, 9.17) is 0 Å². The van der Waals surface area contributed by atoms with Crippen molar-refractivity contribution in [3.05, 3.63) is 0 Å². The van der Waals surface area contributed by atoms with Crippen molar-refractivity contribution >= 4 is 23.5 Å². The molecule has 0 bridgehead atoms. The van der Waals surface area contributed by atoms with Crippen LogP contribution < -0.4 is 5.32 Å². The number of rotatable bonds is 5. The zero-order chi connectivity index (χ0) is 15.3. The normalized spacial score (nSPS) is 17.9. The molecule has 1 aliphatic heterocycles. The molecule has 1 unspecified atom stereocenters. The lowest BCUT2D eigenvalue weighted by molar-refractivity contribution is -0.147. The number of nitrogens with zero attached hydrogens (tertiary/aromatic N) is 1. The number of nitrogens with one attached hydrogen (secondary N) is 1. The van der Waals surface area contributed by atoms with Gasteiger partial charge in [-0.05, 0) is 25.7 Å². The van der Waals surface area contributed by atoms with E-state index in [2.05, 4.69) is 5.32 Å². The predicted octanol–water partition coefficient (Wildman–Crippen LogP) is 0.645. The summed E-state index contributed by atoms with van der Waals surface area (Å²) in [5.74, 6) is -1.27. The molecule has 1 rings (SSSR count). The predicted molar refractivity (Wildman–Crippen MR) is 72.6 cm³/mol. The third-order valence-electron chi connectivity index (χ3n) is 3.36. The van der Waals surface area contributed by atoms with E-state index in [9.17, 15) is 19.2 Å². The molecule has 0 aliphatic carbocycles. The van der Waals surface area contributed by atoms with E-state index < -0.39 is 11.9 Å². The lowest BCUT2D eigenvalue weighted by Gasteiger charge is -2.22. The van der Waals surface area contributed by atoms with Crippen LogP contribution in [-0.4, -0.2) is 41.0 Å². The molecule has 112 valence electrons. The number of likely N-dealkylation sites (tertiary alicyclic amines) is 1. The van der Waals surface area contributed by atoms with Crippen LogP contribution in [0.15, 0.2) is 0 Å². The average molecular weight is 282 g/mol. The molecule has 1 aliphatic rings. The van der Waals surface area contributed by atoms with Gasteiger partial charge in [-0.2, -0.15) is 0 Å². The quantitative estimate of drug-likeness (QED) is 0.750. The Morgan fingerprint density at radius 3 is 2.05 bits per heavy atom. The Labute approximate surface area is 118 Å². The monoisotopic (exact) mass is 282 g/mol. The molecule has 0 saturated carbocycles. The maximum atomic E-state index is 11.9. The second kappa shape index (κ2) is 7.17. The number of imide groups is 1. The number of hydrogen-bond acceptors (Lipinski definition) is 4. The highest BCUT2D eigenvalue weighted by molar-refractivity contribution is 6.00. The zero-order valence-electron chi connectivity index (χ0n) is 12.3. The van der Waals surface area contributed by atoms with E-state index in [1.165, 1.54) is 6.92 Å². The van der Waals surface area contributed by atoms with Gasteiger partial charge in [0.25, 0.3) is 0 Å². The molecule has 0 aromatic rings. The van der Waals surface area contributed by atoms with Crippen molar-refractivity contribution < 1.29 is 19.2 Å². The van der Waals surface area contributed by atoms with Crippen molar-refractivity contribution in [3.63, 3.8) is 0 Å². The molecule has 0 radical (unpaired) electrons. The molecule has 1 heterocycles. The van der Waals surface area contributed by atoms with Crippen LogP contribution in [-0.2, 0) is 19.2 Å². The molecule has 6 nitrogen and oxygen atoms in total. The fourth-order valence-electron chi connectivity index (χ4n) is 2.24. The van der Waals surface area contributed by atoms with Crippen molar-refractivity contribution in [2.24, 2.45) is 5.92 Å². The highest BCUT2D eigenvalue weighted by atomic mass is 16.2. The molecule has 1 N–H and O–H groups in total. The summed E-state index contributed by atoms with van der Waals surface area (Å²) in [6.07, 6.45) is 1.92. The zero-order valence-corrected chi connectivity index (χ0v) is 12.3. The van der Waals surface area contributed by atoms with Crippen molar-refractivity contribution in [1.29, 1.82) is 0 Å². The van der Waals surface area contributed by atoms with Crippen LogP contribution >= 0.6 is 0 Å². The van der Waals surface area contributed by atoms with Crippen molar-refractivity contribution in [2.75, 3.05) is 6.54 Å². The number of carbonyl (C=O) groups is 4. The van der Waals surface area contributed by atoms with Gasteiger partial charge >= 0.3 is 0 Å². The Morgan fingerprint density at radius 2 is 1.65 bits per heavy atom. The first-order chi connectivity index (χ1) is 9.32. The Balaban J connectivity index is 2.66. The summed E-state index contributed by atoms with van der Waals surface area (Å²) in [5.41, 5.74) is 0. The van der Waals surface area contributed by atoms with Gasteiger partial charge < -0.3 is 5.32 Å². The van der Waals surface area contributed by atoms with Gasteiger partial charge in [-0.1, -0.05) is 13.8 Å². The van der Waals surface area contributed by atoms with Crippen LogP contribution in [0.1, 0.15) is 46.5 Å². The minimum Gasteiger partial charge on any atom is -0.344 e. The average Bonchev–Trinajstić information content (AvgIpc) is 2.50. The lowest BCUT2D eigenvalue weighted by atomic mass is 10.0. The van der Waals surface area contributed by atoms with Gasteiger partial charge in [-0.25, -0.2) is 0 Å². The van der Waals surface area contributed by atoms with Crippen LogP contribution in [0.5, 0.6) is 0 Å². The minimum atomic E-state index is -0.584. The number of hydrogen-bond donors (Lipinski definition) is 1. The van der Waals surface area contributed by atoms with E-state index in [1.807, 2.05) is 13.8 Å². The van der Waals surface area contributed by atoms with E-state index in [0.717, 1.165) is 4.90 Å². The topological polar surface area (TPSA) is 83.6 Å². The van der Waals surface area contributed by atoms with Gasteiger partial charge in [-0.15, -0.1) is 0 Å². The number of Topliss-reactive ketones (excluding diaryl/α,β-unsaturated/α-hetero) is 1. The van der Waals surface area contributed by atoms with Crippen LogP contribution in [0.4, 0.5) is 0 Å². The number of amides is 3. The van der Waals surface area contributed by atoms with Crippen LogP contribution in [0, 0.1) is 5.92 Å². The summed E-state index contributed by atoms with van der Waals surface area (Å²) in [5, 5.41) is 2.59. The second-order valence-electron chi connectivity index (χ2n) is 5.48. The smallest absolute Gasteiger partial charge is 0.240 e. The van der Waals surface area contributed by atoms with E-state index in [1.54, 1.807) is 0 Å². The number of ketones is 1. The minimum absolute atomic E-state index is 0.0352. The van der Waals surface area contributed by atoms with Gasteiger partial charge in [0.1, 0.15) is 6.54 Å². The van der Waals surface area contributed by atoms with Gasteiger partial charge in [0, 0.05) is 12.8 Å². The van der Waals surface area contributed by atoms with Crippen molar-refractivity contribution in [1.82, 2.24) is 10.2 Å². The fourth-order valence-corrected chi connectivity index (χ4v) is 2.24. The van der Waals surface area contributed by atoms with E-state index >= 15 is 0 Å². The SMILES string of the molecule is CC(=O)C(NC(=O)CN1C(=O)CCCCC1=O)C(C)C. The van der Waals surface area contributed by atoms with E-state index in [-0.39, 0.29) is 30.1 Å². The summed E-state index contributed by atoms with van der Waals surface area (Å²) in [6, 6.07) is -0.584. The molecule has 1 saturated heterocycles. The first-order valence-corrected chi connectivity index (χ1v) is 6.96. The molecular weight excluding hydrogens is 260 g/mol. The molecule has 0 spiro atoms. The summed E-state index contributed by atoms with van der Waals surface area (Å²) in [7, 11) is 0. The van der Waals surface area contributed by atoms with Crippen LogP contribution in [0.25, 0.3) is 0 Å². The first-order valence-electron chi connectivity index (χ1n) is 6.96. The van der Waals surface area contributed by atoms with Gasteiger partial charge in [0.15, 0.2) is 5.78 Å². The molecule has 3 amide bonds. The molecule has 20 heavy (non-hydrogen) atoms. The fraction of sp³-hybridized carbons (Fsp3) is 0.714. The van der Waals surface area contributed by atoms with Crippen LogP contribution in [0.3, 0.4) is 0 Å². The van der Waals surface area contributed by atoms with Gasteiger partial charge in [-0.3, -0.25) is 24.1 Å². The molecule has 0 aromatic carbocycles.